The Morgan fingerprint density at radius 1 is 0.875 bits per heavy atom. The summed E-state index contributed by atoms with van der Waals surface area (Å²) in [4.78, 5) is 33.3. The number of carbonyl (C=O) groups excluding carboxylic acids is 2. The molecule has 3 aromatic rings. The van der Waals surface area contributed by atoms with Crippen molar-refractivity contribution in [2.45, 2.75) is 51.1 Å². The number of nitrogens with one attached hydrogen (secondary N) is 1. The first-order valence-corrected chi connectivity index (χ1v) is 11.5. The number of amides is 2. The second-order valence-electron chi connectivity index (χ2n) is 8.57. The van der Waals surface area contributed by atoms with E-state index in [2.05, 4.69) is 9.88 Å². The molecule has 2 aromatic carbocycles. The molecule has 1 saturated heterocycles. The topological polar surface area (TPSA) is 67.2 Å². The predicted octanol–water partition coefficient (Wildman–Crippen LogP) is 4.52. The summed E-state index contributed by atoms with van der Waals surface area (Å²) in [6.45, 7) is 1.45. The van der Waals surface area contributed by atoms with Crippen molar-refractivity contribution >= 4 is 17.5 Å². The number of hydrogen-bond acceptors (Lipinski definition) is 3. The zero-order valence-electron chi connectivity index (χ0n) is 18.2. The molecule has 6 nitrogen and oxygen atoms in total. The summed E-state index contributed by atoms with van der Waals surface area (Å²) in [7, 11) is 0. The number of aromatic nitrogens is 2. The molecule has 1 fully saturated rings. The number of benzene rings is 2. The summed E-state index contributed by atoms with van der Waals surface area (Å²) in [5.74, 6) is 0.606. The van der Waals surface area contributed by atoms with Gasteiger partial charge in [-0.25, -0.2) is 4.98 Å². The summed E-state index contributed by atoms with van der Waals surface area (Å²) in [5, 5.41) is 2.97. The largest absolute Gasteiger partial charge is 0.327 e. The molecule has 1 atom stereocenters. The van der Waals surface area contributed by atoms with Gasteiger partial charge in [0.15, 0.2) is 0 Å². The lowest BCUT2D eigenvalue weighted by Crippen LogP contribution is -2.43. The van der Waals surface area contributed by atoms with Gasteiger partial charge in [0.25, 0.3) is 5.91 Å². The Kier molecular flexibility index (Phi) is 5.75. The van der Waals surface area contributed by atoms with E-state index in [9.17, 15) is 9.59 Å². The van der Waals surface area contributed by atoms with Crippen LogP contribution in [0.4, 0.5) is 5.69 Å². The maximum absolute atomic E-state index is 13.7. The summed E-state index contributed by atoms with van der Waals surface area (Å²) in [6.07, 6.45) is 5.62. The highest BCUT2D eigenvalue weighted by Crippen LogP contribution is 2.30. The van der Waals surface area contributed by atoms with Gasteiger partial charge in [-0.1, -0.05) is 55.0 Å². The standard InChI is InChI=1S/C26H28N4O2/c31-25(27-20-13-6-2-7-14-20)22-16-10-18-30(22)26(32)23-21-15-8-3-9-17-29(21)24(28-23)19-11-4-1-5-12-19/h1-2,4-7,11-14,22H,3,8-10,15-18H2,(H,27,31). The van der Waals surface area contributed by atoms with Gasteiger partial charge in [-0.2, -0.15) is 0 Å². The first kappa shape index (κ1) is 20.5. The molecule has 0 bridgehead atoms. The Morgan fingerprint density at radius 3 is 2.41 bits per heavy atom. The third-order valence-electron chi connectivity index (χ3n) is 6.46. The van der Waals surface area contributed by atoms with E-state index >= 15 is 0 Å². The second kappa shape index (κ2) is 8.99. The highest BCUT2D eigenvalue weighted by molar-refractivity contribution is 6.01. The molecule has 164 valence electrons. The molecule has 3 heterocycles. The van der Waals surface area contributed by atoms with Crippen LogP contribution < -0.4 is 5.32 Å². The molecule has 2 aliphatic rings. The average Bonchev–Trinajstić information content (AvgIpc) is 3.39. The van der Waals surface area contributed by atoms with Crippen LogP contribution in [0.5, 0.6) is 0 Å². The monoisotopic (exact) mass is 428 g/mol. The molecular weight excluding hydrogens is 400 g/mol. The zero-order valence-corrected chi connectivity index (χ0v) is 18.2. The number of likely N-dealkylation sites (tertiary alicyclic amines) is 1. The van der Waals surface area contributed by atoms with Crippen molar-refractivity contribution in [1.82, 2.24) is 14.5 Å². The number of fused-ring (bicyclic) bond motifs is 1. The number of para-hydroxylation sites is 1. The Morgan fingerprint density at radius 2 is 1.62 bits per heavy atom. The van der Waals surface area contributed by atoms with E-state index in [0.717, 1.165) is 61.4 Å². The molecule has 6 heteroatoms. The Labute approximate surface area is 188 Å². The van der Waals surface area contributed by atoms with Gasteiger partial charge < -0.3 is 14.8 Å². The van der Waals surface area contributed by atoms with Gasteiger partial charge >= 0.3 is 0 Å². The van der Waals surface area contributed by atoms with Crippen LogP contribution in [0, 0.1) is 0 Å². The number of anilines is 1. The molecule has 2 amide bonds. The van der Waals surface area contributed by atoms with E-state index in [1.54, 1.807) is 4.90 Å². The predicted molar refractivity (Wildman–Crippen MR) is 124 cm³/mol. The van der Waals surface area contributed by atoms with E-state index < -0.39 is 6.04 Å². The SMILES string of the molecule is O=C(Nc1ccccc1)C1CCCN1C(=O)c1nc(-c2ccccc2)n2c1CCCCC2. The van der Waals surface area contributed by atoms with E-state index in [1.807, 2.05) is 60.7 Å². The molecule has 1 aromatic heterocycles. The molecule has 5 rings (SSSR count). The molecule has 0 spiro atoms. The van der Waals surface area contributed by atoms with Crippen LogP contribution in [0.25, 0.3) is 11.4 Å². The van der Waals surface area contributed by atoms with Gasteiger partial charge in [-0.15, -0.1) is 0 Å². The lowest BCUT2D eigenvalue weighted by Gasteiger charge is -2.23. The van der Waals surface area contributed by atoms with Gasteiger partial charge in [0, 0.05) is 24.3 Å². The van der Waals surface area contributed by atoms with E-state index in [1.165, 1.54) is 0 Å². The molecule has 2 aliphatic heterocycles. The lowest BCUT2D eigenvalue weighted by atomic mass is 10.1. The third-order valence-corrected chi connectivity index (χ3v) is 6.46. The fourth-order valence-corrected chi connectivity index (χ4v) is 4.86. The van der Waals surface area contributed by atoms with Crippen molar-refractivity contribution in [2.24, 2.45) is 0 Å². The van der Waals surface area contributed by atoms with Crippen molar-refractivity contribution in [3.8, 4) is 11.4 Å². The zero-order chi connectivity index (χ0) is 21.9. The molecule has 1 unspecified atom stereocenters. The van der Waals surface area contributed by atoms with Gasteiger partial charge in [-0.05, 0) is 44.2 Å². The molecule has 0 saturated carbocycles. The van der Waals surface area contributed by atoms with Crippen molar-refractivity contribution in [2.75, 3.05) is 11.9 Å². The van der Waals surface area contributed by atoms with Gasteiger partial charge in [0.2, 0.25) is 5.91 Å². The van der Waals surface area contributed by atoms with Crippen molar-refractivity contribution in [3.05, 3.63) is 72.1 Å². The van der Waals surface area contributed by atoms with Crippen LogP contribution in [-0.4, -0.2) is 38.9 Å². The molecule has 32 heavy (non-hydrogen) atoms. The van der Waals surface area contributed by atoms with Gasteiger partial charge in [0.1, 0.15) is 17.6 Å². The normalized spacial score (nSPS) is 18.1. The number of hydrogen-bond donors (Lipinski definition) is 1. The lowest BCUT2D eigenvalue weighted by molar-refractivity contribution is -0.119. The summed E-state index contributed by atoms with van der Waals surface area (Å²) < 4.78 is 2.23. The number of imidazole rings is 1. The van der Waals surface area contributed by atoms with Gasteiger partial charge in [0.05, 0.1) is 5.69 Å². The minimum absolute atomic E-state index is 0.122. The Bertz CT molecular complexity index is 1110. The van der Waals surface area contributed by atoms with Crippen molar-refractivity contribution < 1.29 is 9.59 Å². The summed E-state index contributed by atoms with van der Waals surface area (Å²) >= 11 is 0. The molecule has 0 radical (unpaired) electrons. The second-order valence-corrected chi connectivity index (χ2v) is 8.57. The van der Waals surface area contributed by atoms with E-state index in [4.69, 9.17) is 4.98 Å². The highest BCUT2D eigenvalue weighted by atomic mass is 16.2. The molecule has 1 N–H and O–H groups in total. The van der Waals surface area contributed by atoms with Crippen LogP contribution in [0.1, 0.15) is 48.3 Å². The molecule has 0 aliphatic carbocycles. The van der Waals surface area contributed by atoms with Crippen LogP contribution in [0.2, 0.25) is 0 Å². The maximum atomic E-state index is 13.7. The number of nitrogens with zero attached hydrogens (tertiary/aromatic N) is 3. The quantitative estimate of drug-likeness (QED) is 0.664. The van der Waals surface area contributed by atoms with Crippen LogP contribution >= 0.6 is 0 Å². The van der Waals surface area contributed by atoms with Gasteiger partial charge in [-0.3, -0.25) is 9.59 Å². The van der Waals surface area contributed by atoms with E-state index in [0.29, 0.717) is 18.7 Å². The first-order chi connectivity index (χ1) is 15.7. The summed E-state index contributed by atoms with van der Waals surface area (Å²) in [6, 6.07) is 19.0. The highest BCUT2D eigenvalue weighted by Gasteiger charge is 2.37. The molecular formula is C26H28N4O2. The third kappa shape index (κ3) is 3.93. The smallest absolute Gasteiger partial charge is 0.275 e. The Balaban J connectivity index is 1.45. The number of carbonyl (C=O) groups is 2. The van der Waals surface area contributed by atoms with Crippen molar-refractivity contribution in [3.63, 3.8) is 0 Å². The summed E-state index contributed by atoms with van der Waals surface area (Å²) in [5.41, 5.74) is 3.30. The number of rotatable bonds is 4. The van der Waals surface area contributed by atoms with Crippen LogP contribution in [-0.2, 0) is 17.8 Å². The van der Waals surface area contributed by atoms with Crippen LogP contribution in [0.15, 0.2) is 60.7 Å². The minimum atomic E-state index is -0.467. The van der Waals surface area contributed by atoms with Crippen molar-refractivity contribution in [1.29, 1.82) is 0 Å². The first-order valence-electron chi connectivity index (χ1n) is 11.5. The average molecular weight is 429 g/mol. The van der Waals surface area contributed by atoms with E-state index in [-0.39, 0.29) is 11.8 Å². The Hall–Kier alpha value is -3.41. The fraction of sp³-hybridized carbons (Fsp3) is 0.346. The maximum Gasteiger partial charge on any atom is 0.275 e. The minimum Gasteiger partial charge on any atom is -0.327 e. The fourth-order valence-electron chi connectivity index (χ4n) is 4.86. The van der Waals surface area contributed by atoms with Crippen LogP contribution in [0.3, 0.4) is 0 Å².